The van der Waals surface area contributed by atoms with Crippen LogP contribution in [0, 0.1) is 6.92 Å². The Kier molecular flexibility index (Phi) is 5.45. The van der Waals surface area contributed by atoms with Crippen LogP contribution >= 0.6 is 0 Å². The standard InChI is InChI=1S/C19H31NO/c1-14(2)20-13-17(16-8-6-7-15(3)11-16)12-18-9-10-19(4,5)21-18/h6-8,11,14,17-18,20H,9-10,12-13H2,1-5H3. The van der Waals surface area contributed by atoms with Crippen molar-refractivity contribution in [2.24, 2.45) is 0 Å². The largest absolute Gasteiger partial charge is 0.372 e. The van der Waals surface area contributed by atoms with Crippen molar-refractivity contribution in [3.05, 3.63) is 35.4 Å². The quantitative estimate of drug-likeness (QED) is 0.837. The summed E-state index contributed by atoms with van der Waals surface area (Å²) in [4.78, 5) is 0. The van der Waals surface area contributed by atoms with Crippen LogP contribution in [0.25, 0.3) is 0 Å². The van der Waals surface area contributed by atoms with Crippen molar-refractivity contribution < 1.29 is 4.74 Å². The normalized spacial score (nSPS) is 22.7. The molecule has 0 aliphatic carbocycles. The highest BCUT2D eigenvalue weighted by atomic mass is 16.5. The first-order valence-electron chi connectivity index (χ1n) is 8.33. The van der Waals surface area contributed by atoms with Crippen LogP contribution in [0.1, 0.15) is 64.0 Å². The first kappa shape index (κ1) is 16.5. The highest BCUT2D eigenvalue weighted by molar-refractivity contribution is 5.26. The molecule has 1 aliphatic rings. The van der Waals surface area contributed by atoms with E-state index in [4.69, 9.17) is 4.74 Å². The van der Waals surface area contributed by atoms with Gasteiger partial charge in [0.15, 0.2) is 0 Å². The Morgan fingerprint density at radius 3 is 2.67 bits per heavy atom. The van der Waals surface area contributed by atoms with Crippen LogP contribution in [0.2, 0.25) is 0 Å². The van der Waals surface area contributed by atoms with Gasteiger partial charge in [0.25, 0.3) is 0 Å². The van der Waals surface area contributed by atoms with Crippen molar-refractivity contribution in [2.45, 2.75) is 77.5 Å². The Balaban J connectivity index is 2.05. The van der Waals surface area contributed by atoms with Crippen LogP contribution in [0.15, 0.2) is 24.3 Å². The third kappa shape index (κ3) is 5.12. The molecule has 0 radical (unpaired) electrons. The van der Waals surface area contributed by atoms with Crippen molar-refractivity contribution in [1.82, 2.24) is 5.32 Å². The number of nitrogens with one attached hydrogen (secondary N) is 1. The zero-order valence-electron chi connectivity index (χ0n) is 14.3. The highest BCUT2D eigenvalue weighted by Gasteiger charge is 2.33. The van der Waals surface area contributed by atoms with E-state index in [0.717, 1.165) is 13.0 Å². The Morgan fingerprint density at radius 2 is 2.10 bits per heavy atom. The Bertz CT molecular complexity index is 453. The zero-order chi connectivity index (χ0) is 15.5. The predicted molar refractivity (Wildman–Crippen MR) is 89.9 cm³/mol. The number of hydrogen-bond donors (Lipinski definition) is 1. The number of hydrogen-bond acceptors (Lipinski definition) is 2. The summed E-state index contributed by atoms with van der Waals surface area (Å²) < 4.78 is 6.21. The molecule has 0 bridgehead atoms. The third-order valence-corrected chi connectivity index (χ3v) is 4.39. The van der Waals surface area contributed by atoms with Crippen LogP contribution in [0.3, 0.4) is 0 Å². The highest BCUT2D eigenvalue weighted by Crippen LogP contribution is 2.34. The maximum atomic E-state index is 6.21. The number of aryl methyl sites for hydroxylation is 1. The van der Waals surface area contributed by atoms with Crippen LogP contribution < -0.4 is 5.32 Å². The SMILES string of the molecule is Cc1cccc(C(CNC(C)C)CC2CCC(C)(C)O2)c1. The molecule has 21 heavy (non-hydrogen) atoms. The maximum absolute atomic E-state index is 6.21. The predicted octanol–water partition coefficient (Wildman–Crippen LogP) is 4.42. The van der Waals surface area contributed by atoms with Gasteiger partial charge in [0, 0.05) is 12.6 Å². The molecule has 1 saturated heterocycles. The van der Waals surface area contributed by atoms with Gasteiger partial charge in [-0.25, -0.2) is 0 Å². The minimum Gasteiger partial charge on any atom is -0.372 e. The Labute approximate surface area is 130 Å². The van der Waals surface area contributed by atoms with Crippen LogP contribution in [0.5, 0.6) is 0 Å². The molecular weight excluding hydrogens is 258 g/mol. The van der Waals surface area contributed by atoms with Crippen molar-refractivity contribution >= 4 is 0 Å². The summed E-state index contributed by atoms with van der Waals surface area (Å²) in [6.07, 6.45) is 3.89. The van der Waals surface area contributed by atoms with E-state index in [2.05, 4.69) is 64.2 Å². The van der Waals surface area contributed by atoms with Gasteiger partial charge in [-0.05, 0) is 51.5 Å². The first-order chi connectivity index (χ1) is 9.85. The molecule has 1 aromatic rings. The second-order valence-corrected chi connectivity index (χ2v) is 7.45. The molecule has 0 aromatic heterocycles. The smallest absolute Gasteiger partial charge is 0.0631 e. The summed E-state index contributed by atoms with van der Waals surface area (Å²) in [7, 11) is 0. The van der Waals surface area contributed by atoms with Crippen LogP contribution in [-0.2, 0) is 4.74 Å². The monoisotopic (exact) mass is 289 g/mol. The molecule has 0 spiro atoms. The average molecular weight is 289 g/mol. The van der Waals surface area contributed by atoms with Gasteiger partial charge >= 0.3 is 0 Å². The zero-order valence-corrected chi connectivity index (χ0v) is 14.3. The average Bonchev–Trinajstić information content (AvgIpc) is 2.73. The summed E-state index contributed by atoms with van der Waals surface area (Å²) >= 11 is 0. The molecule has 2 rings (SSSR count). The van der Waals surface area contributed by atoms with Crippen molar-refractivity contribution in [2.75, 3.05) is 6.54 Å². The maximum Gasteiger partial charge on any atom is 0.0631 e. The summed E-state index contributed by atoms with van der Waals surface area (Å²) in [5.41, 5.74) is 2.85. The fraction of sp³-hybridized carbons (Fsp3) is 0.684. The third-order valence-electron chi connectivity index (χ3n) is 4.39. The molecule has 2 nitrogen and oxygen atoms in total. The second kappa shape index (κ2) is 6.93. The number of rotatable bonds is 6. The first-order valence-corrected chi connectivity index (χ1v) is 8.33. The van der Waals surface area contributed by atoms with Gasteiger partial charge in [-0.3, -0.25) is 0 Å². The van der Waals surface area contributed by atoms with Gasteiger partial charge in [-0.1, -0.05) is 43.7 Å². The van der Waals surface area contributed by atoms with E-state index in [1.807, 2.05) is 0 Å². The van der Waals surface area contributed by atoms with Gasteiger partial charge in [0.1, 0.15) is 0 Å². The van der Waals surface area contributed by atoms with Crippen LogP contribution in [-0.4, -0.2) is 24.3 Å². The summed E-state index contributed by atoms with van der Waals surface area (Å²) in [6.45, 7) is 12.0. The van der Waals surface area contributed by atoms with E-state index in [1.165, 1.54) is 24.0 Å². The molecule has 2 heteroatoms. The van der Waals surface area contributed by atoms with Crippen LogP contribution in [0.4, 0.5) is 0 Å². The lowest BCUT2D eigenvalue weighted by Crippen LogP contribution is -2.30. The lowest BCUT2D eigenvalue weighted by atomic mass is 9.90. The molecule has 118 valence electrons. The number of benzene rings is 1. The fourth-order valence-electron chi connectivity index (χ4n) is 3.20. The Hall–Kier alpha value is -0.860. The van der Waals surface area contributed by atoms with E-state index in [0.29, 0.717) is 18.1 Å². The van der Waals surface area contributed by atoms with Gasteiger partial charge in [-0.15, -0.1) is 0 Å². The van der Waals surface area contributed by atoms with Crippen molar-refractivity contribution in [1.29, 1.82) is 0 Å². The van der Waals surface area contributed by atoms with E-state index in [-0.39, 0.29) is 5.60 Å². The summed E-state index contributed by atoms with van der Waals surface area (Å²) in [6, 6.07) is 9.46. The lowest BCUT2D eigenvalue weighted by Gasteiger charge is -2.25. The molecule has 1 N–H and O–H groups in total. The molecule has 2 atom stereocenters. The Morgan fingerprint density at radius 1 is 1.33 bits per heavy atom. The summed E-state index contributed by atoms with van der Waals surface area (Å²) in [5, 5.41) is 3.60. The molecule has 1 aromatic carbocycles. The van der Waals surface area contributed by atoms with E-state index >= 15 is 0 Å². The van der Waals surface area contributed by atoms with E-state index in [9.17, 15) is 0 Å². The molecule has 1 aliphatic heterocycles. The lowest BCUT2D eigenvalue weighted by molar-refractivity contribution is -0.0209. The topological polar surface area (TPSA) is 21.3 Å². The van der Waals surface area contributed by atoms with Gasteiger partial charge in [0.2, 0.25) is 0 Å². The fourth-order valence-corrected chi connectivity index (χ4v) is 3.20. The molecule has 2 unspecified atom stereocenters. The van der Waals surface area contributed by atoms with Crippen molar-refractivity contribution in [3.8, 4) is 0 Å². The van der Waals surface area contributed by atoms with Gasteiger partial charge in [-0.2, -0.15) is 0 Å². The van der Waals surface area contributed by atoms with Crippen molar-refractivity contribution in [3.63, 3.8) is 0 Å². The molecule has 0 saturated carbocycles. The second-order valence-electron chi connectivity index (χ2n) is 7.45. The van der Waals surface area contributed by atoms with E-state index < -0.39 is 0 Å². The van der Waals surface area contributed by atoms with Gasteiger partial charge in [0.05, 0.1) is 11.7 Å². The number of ether oxygens (including phenoxy) is 1. The molecular formula is C19H31NO. The molecule has 1 fully saturated rings. The minimum absolute atomic E-state index is 0.0628. The summed E-state index contributed by atoms with van der Waals surface area (Å²) in [5.74, 6) is 0.534. The van der Waals surface area contributed by atoms with Gasteiger partial charge < -0.3 is 10.1 Å². The minimum atomic E-state index is 0.0628. The van der Waals surface area contributed by atoms with E-state index in [1.54, 1.807) is 0 Å². The molecule has 1 heterocycles. The molecule has 0 amide bonds.